The van der Waals surface area contributed by atoms with Gasteiger partial charge in [-0.1, -0.05) is 33.8 Å². The lowest BCUT2D eigenvalue weighted by Gasteiger charge is -2.31. The van der Waals surface area contributed by atoms with Crippen molar-refractivity contribution in [1.82, 2.24) is 15.8 Å². The molecule has 0 saturated carbocycles. The Hall–Kier alpha value is -2.15. The van der Waals surface area contributed by atoms with Gasteiger partial charge in [0.05, 0.1) is 33.0 Å². The number of nitrogens with one attached hydrogen (secondary N) is 2. The number of halogens is 1. The first-order chi connectivity index (χ1) is 20.5. The van der Waals surface area contributed by atoms with Crippen molar-refractivity contribution in [1.29, 1.82) is 0 Å². The molecule has 1 heterocycles. The molecule has 1 aromatic carbocycles. The van der Waals surface area contributed by atoms with E-state index in [0.29, 0.717) is 63.4 Å². The highest BCUT2D eigenvalue weighted by Crippen LogP contribution is 2.31. The topological polar surface area (TPSA) is 145 Å². The molecule has 0 aromatic heterocycles. The third-order valence-electron chi connectivity index (χ3n) is 8.16. The number of hydrogen-bond donors (Lipinski definition) is 4. The predicted octanol–water partition coefficient (Wildman–Crippen LogP) is 2.96. The molecule has 0 bridgehead atoms. The molecule has 11 nitrogen and oxygen atoms in total. The number of nitrogens with zero attached hydrogens (tertiary/aromatic N) is 1. The van der Waals surface area contributed by atoms with Crippen LogP contribution in [0.4, 0.5) is 0 Å². The molecule has 0 unspecified atom stereocenters. The maximum absolute atomic E-state index is 13.2. The molecule has 1 aliphatic heterocycles. The number of benzene rings is 1. The van der Waals surface area contributed by atoms with Crippen LogP contribution in [0.2, 0.25) is 0 Å². The van der Waals surface area contributed by atoms with Gasteiger partial charge in [-0.3, -0.25) is 15.0 Å². The first kappa shape index (κ1) is 39.9. The molecule has 0 radical (unpaired) electrons. The van der Waals surface area contributed by atoms with Gasteiger partial charge >= 0.3 is 0 Å². The molecule has 44 heavy (non-hydrogen) atoms. The van der Waals surface area contributed by atoms with Crippen molar-refractivity contribution in [2.24, 2.45) is 29.4 Å². The van der Waals surface area contributed by atoms with Gasteiger partial charge in [0.15, 0.2) is 11.5 Å². The summed E-state index contributed by atoms with van der Waals surface area (Å²) in [6.07, 6.45) is 1.49. The smallest absolute Gasteiger partial charge is 0.256 e. The molecule has 5 atom stereocenters. The Morgan fingerprint density at radius 2 is 1.68 bits per heavy atom. The fourth-order valence-electron chi connectivity index (χ4n) is 5.18. The number of amides is 2. The summed E-state index contributed by atoms with van der Waals surface area (Å²) < 4.78 is 21.9. The monoisotopic (exact) mass is 644 g/mol. The number of carbonyl (C=O) groups is 2. The Balaban J connectivity index is 0.00000968. The van der Waals surface area contributed by atoms with Crippen molar-refractivity contribution in [2.45, 2.75) is 78.5 Å². The van der Waals surface area contributed by atoms with Crippen LogP contribution in [0.3, 0.4) is 0 Å². The SMILES string of the molecule is COCCCOc1cc(C[C@@H](C[C@H](N)[C@@H](O)C[C@H](C(=O)N[C@@H](C)C(=O)NN2CCOCC2)C(C)C)C(C)C)ccc1OC.Cl. The molecule has 1 aromatic rings. The maximum atomic E-state index is 13.2. The zero-order valence-corrected chi connectivity index (χ0v) is 28.5. The second-order valence-corrected chi connectivity index (χ2v) is 12.2. The number of aliphatic hydroxyl groups excluding tert-OH is 1. The molecule has 5 N–H and O–H groups in total. The first-order valence-corrected chi connectivity index (χ1v) is 15.6. The number of rotatable bonds is 19. The van der Waals surface area contributed by atoms with E-state index in [1.807, 2.05) is 32.0 Å². The summed E-state index contributed by atoms with van der Waals surface area (Å²) in [6.45, 7) is 13.3. The van der Waals surface area contributed by atoms with Gasteiger partial charge in [0, 0.05) is 45.2 Å². The van der Waals surface area contributed by atoms with Crippen molar-refractivity contribution in [3.63, 3.8) is 0 Å². The normalized spacial score (nSPS) is 17.2. The summed E-state index contributed by atoms with van der Waals surface area (Å²) in [5.74, 6) is 0.827. The fraction of sp³-hybridized carbons (Fsp3) is 0.750. The first-order valence-electron chi connectivity index (χ1n) is 15.6. The Morgan fingerprint density at radius 1 is 1.00 bits per heavy atom. The van der Waals surface area contributed by atoms with Crippen LogP contribution < -0.4 is 25.9 Å². The zero-order chi connectivity index (χ0) is 31.9. The third-order valence-corrected chi connectivity index (χ3v) is 8.16. The van der Waals surface area contributed by atoms with Crippen LogP contribution in [0.5, 0.6) is 11.5 Å². The summed E-state index contributed by atoms with van der Waals surface area (Å²) in [4.78, 5) is 25.9. The largest absolute Gasteiger partial charge is 0.493 e. The van der Waals surface area contributed by atoms with Crippen molar-refractivity contribution in [2.75, 3.05) is 53.7 Å². The zero-order valence-electron chi connectivity index (χ0n) is 27.7. The van der Waals surface area contributed by atoms with Crippen LogP contribution in [0.15, 0.2) is 18.2 Å². The van der Waals surface area contributed by atoms with Gasteiger partial charge in [-0.05, 0) is 61.6 Å². The van der Waals surface area contributed by atoms with E-state index in [1.165, 1.54) is 0 Å². The average Bonchev–Trinajstić information content (AvgIpc) is 2.97. The average molecular weight is 645 g/mol. The van der Waals surface area contributed by atoms with Gasteiger partial charge in [0.1, 0.15) is 6.04 Å². The summed E-state index contributed by atoms with van der Waals surface area (Å²) in [6, 6.07) is 4.74. The molecule has 12 heteroatoms. The lowest BCUT2D eigenvalue weighted by atomic mass is 9.80. The van der Waals surface area contributed by atoms with E-state index < -0.39 is 24.1 Å². The minimum Gasteiger partial charge on any atom is -0.493 e. The molecule has 1 aliphatic rings. The molecule has 0 aliphatic carbocycles. The Labute approximate surface area is 270 Å². The minimum atomic E-state index is -0.868. The number of morpholine rings is 1. The highest BCUT2D eigenvalue weighted by atomic mass is 35.5. The van der Waals surface area contributed by atoms with Gasteiger partial charge in [-0.25, -0.2) is 5.01 Å². The molecular formula is C32H57ClN4O7. The summed E-state index contributed by atoms with van der Waals surface area (Å²) in [5, 5.41) is 15.8. The number of hydrazine groups is 1. The van der Waals surface area contributed by atoms with E-state index in [-0.39, 0.29) is 42.5 Å². The second kappa shape index (κ2) is 20.8. The van der Waals surface area contributed by atoms with E-state index in [1.54, 1.807) is 26.2 Å². The van der Waals surface area contributed by atoms with Crippen molar-refractivity contribution in [3.8, 4) is 11.5 Å². The number of methoxy groups -OCH3 is 2. The minimum absolute atomic E-state index is 0. The van der Waals surface area contributed by atoms with Crippen LogP contribution in [0, 0.1) is 23.7 Å². The maximum Gasteiger partial charge on any atom is 0.256 e. The molecule has 0 spiro atoms. The van der Waals surface area contributed by atoms with E-state index >= 15 is 0 Å². The molecule has 2 amide bonds. The number of carbonyl (C=O) groups excluding carboxylic acids is 2. The van der Waals surface area contributed by atoms with E-state index in [0.717, 1.165) is 18.4 Å². The van der Waals surface area contributed by atoms with Crippen LogP contribution in [0.25, 0.3) is 0 Å². The molecule has 2 rings (SSSR count). The Morgan fingerprint density at radius 3 is 2.27 bits per heavy atom. The molecule has 1 fully saturated rings. The number of aliphatic hydroxyl groups is 1. The quantitative estimate of drug-likeness (QED) is 0.167. The predicted molar refractivity (Wildman–Crippen MR) is 174 cm³/mol. The van der Waals surface area contributed by atoms with Gasteiger partial charge < -0.3 is 35.1 Å². The second-order valence-electron chi connectivity index (χ2n) is 12.2. The van der Waals surface area contributed by atoms with Gasteiger partial charge in [-0.2, -0.15) is 0 Å². The number of ether oxygens (including phenoxy) is 4. The van der Waals surface area contributed by atoms with Crippen LogP contribution >= 0.6 is 12.4 Å². The Kier molecular flexibility index (Phi) is 18.8. The lowest BCUT2D eigenvalue weighted by molar-refractivity contribution is -0.135. The molecule has 254 valence electrons. The van der Waals surface area contributed by atoms with E-state index in [9.17, 15) is 14.7 Å². The van der Waals surface area contributed by atoms with Crippen LogP contribution in [0.1, 0.15) is 59.4 Å². The highest BCUT2D eigenvalue weighted by Gasteiger charge is 2.31. The Bertz CT molecular complexity index is 978. The fourth-order valence-corrected chi connectivity index (χ4v) is 5.18. The van der Waals surface area contributed by atoms with Crippen LogP contribution in [-0.2, 0) is 25.5 Å². The lowest BCUT2D eigenvalue weighted by Crippen LogP contribution is -2.55. The standard InChI is InChI=1S/C32H56N4O7.ClH/c1-21(2)25(17-24-9-10-29(41-7)30(18-24)43-14-8-13-40-6)19-27(33)28(37)20-26(22(3)4)32(39)34-23(5)31(38)35-36-11-15-42-16-12-36;/h9-10,18,21-23,25-28,37H,8,11-17,19-20,33H2,1-7H3,(H,34,39)(H,35,38);1H/t23-,25-,26-,27-,28-;/m0./s1. The summed E-state index contributed by atoms with van der Waals surface area (Å²) in [7, 11) is 3.29. The summed E-state index contributed by atoms with van der Waals surface area (Å²) in [5.41, 5.74) is 10.5. The molecular weight excluding hydrogens is 588 g/mol. The van der Waals surface area contributed by atoms with Crippen LogP contribution in [-0.4, -0.2) is 93.9 Å². The molecule has 1 saturated heterocycles. The van der Waals surface area contributed by atoms with Crippen molar-refractivity contribution in [3.05, 3.63) is 23.8 Å². The van der Waals surface area contributed by atoms with Gasteiger partial charge in [-0.15, -0.1) is 12.4 Å². The summed E-state index contributed by atoms with van der Waals surface area (Å²) >= 11 is 0. The highest BCUT2D eigenvalue weighted by molar-refractivity contribution is 5.88. The number of nitrogens with two attached hydrogens (primary N) is 1. The van der Waals surface area contributed by atoms with Crippen molar-refractivity contribution >= 4 is 24.2 Å². The van der Waals surface area contributed by atoms with Gasteiger partial charge in [0.25, 0.3) is 5.91 Å². The van der Waals surface area contributed by atoms with Crippen molar-refractivity contribution < 1.29 is 33.6 Å². The van der Waals surface area contributed by atoms with Gasteiger partial charge in [0.2, 0.25) is 5.91 Å². The number of hydrogen-bond acceptors (Lipinski definition) is 9. The van der Waals surface area contributed by atoms with E-state index in [4.69, 9.17) is 24.7 Å². The third kappa shape index (κ3) is 13.5. The van der Waals surface area contributed by atoms with E-state index in [2.05, 4.69) is 24.6 Å².